The zero-order valence-corrected chi connectivity index (χ0v) is 16.7. The lowest BCUT2D eigenvalue weighted by Gasteiger charge is -2.30. The largest absolute Gasteiger partial charge is 0.422 e. The summed E-state index contributed by atoms with van der Waals surface area (Å²) in [6, 6.07) is 12.6. The average Bonchev–Trinajstić information content (AvgIpc) is 3.09. The number of non-ortho nitro benzene ring substituents is 1. The van der Waals surface area contributed by atoms with Crippen molar-refractivity contribution in [3.8, 4) is 0 Å². The predicted octanol–water partition coefficient (Wildman–Crippen LogP) is 3.58. The Kier molecular flexibility index (Phi) is 6.63. The Labute approximate surface area is 176 Å². The number of halogens is 3. The summed E-state index contributed by atoms with van der Waals surface area (Å²) in [5, 5.41) is 24.7. The number of hydrogen-bond acceptors (Lipinski definition) is 5. The molecule has 0 aliphatic rings. The summed E-state index contributed by atoms with van der Waals surface area (Å²) >= 11 is 0. The maximum Gasteiger partial charge on any atom is 0.422 e. The molecule has 166 valence electrons. The lowest BCUT2D eigenvalue weighted by Crippen LogP contribution is -2.50. The lowest BCUT2D eigenvalue weighted by molar-refractivity contribution is -0.384. The van der Waals surface area contributed by atoms with Crippen molar-refractivity contribution in [2.75, 3.05) is 26.8 Å². The van der Waals surface area contributed by atoms with Gasteiger partial charge < -0.3 is 19.7 Å². The number of methoxy groups -OCH3 is 1. The Hall–Kier alpha value is -2.95. The minimum atomic E-state index is -4.99. The topological polar surface area (TPSA) is 89.6 Å². The van der Waals surface area contributed by atoms with E-state index in [0.29, 0.717) is 0 Å². The molecule has 1 heterocycles. The van der Waals surface area contributed by atoms with Crippen LogP contribution < -0.4 is 5.32 Å². The number of hydrogen-bond donors (Lipinski definition) is 2. The van der Waals surface area contributed by atoms with Gasteiger partial charge in [0.2, 0.25) is 0 Å². The molecule has 3 rings (SSSR count). The molecule has 7 nitrogen and oxygen atoms in total. The quantitative estimate of drug-likeness (QED) is 0.303. The molecule has 0 aliphatic heterocycles. The SMILES string of the molecule is COCCNCC(O)(c1cn(Cc2ccccc2)c2cc([N+](=O)[O-])ccc12)C(F)(F)F. The minimum absolute atomic E-state index is 0.0925. The van der Waals surface area contributed by atoms with Crippen LogP contribution in [-0.4, -0.2) is 47.6 Å². The van der Waals surface area contributed by atoms with Gasteiger partial charge in [0.15, 0.2) is 5.60 Å². The van der Waals surface area contributed by atoms with Crippen molar-refractivity contribution in [3.63, 3.8) is 0 Å². The fraction of sp³-hybridized carbons (Fsp3) is 0.333. The van der Waals surface area contributed by atoms with Gasteiger partial charge in [0.25, 0.3) is 5.69 Å². The molecule has 0 radical (unpaired) electrons. The first-order valence-corrected chi connectivity index (χ1v) is 9.48. The molecule has 0 fully saturated rings. The first kappa shape index (κ1) is 22.7. The van der Waals surface area contributed by atoms with Gasteiger partial charge in [-0.3, -0.25) is 10.1 Å². The molecular weight excluding hydrogens is 415 g/mol. The fourth-order valence-corrected chi connectivity index (χ4v) is 3.43. The van der Waals surface area contributed by atoms with Gasteiger partial charge in [-0.05, 0) is 11.6 Å². The van der Waals surface area contributed by atoms with Crippen molar-refractivity contribution in [1.29, 1.82) is 0 Å². The van der Waals surface area contributed by atoms with E-state index in [1.165, 1.54) is 30.0 Å². The van der Waals surface area contributed by atoms with Crippen LogP contribution in [0.1, 0.15) is 11.1 Å². The van der Waals surface area contributed by atoms with E-state index in [0.717, 1.165) is 11.6 Å². The van der Waals surface area contributed by atoms with Crippen LogP contribution in [0.5, 0.6) is 0 Å². The van der Waals surface area contributed by atoms with Gasteiger partial charge in [-0.1, -0.05) is 30.3 Å². The van der Waals surface area contributed by atoms with Crippen LogP contribution in [0.3, 0.4) is 0 Å². The van der Waals surface area contributed by atoms with E-state index >= 15 is 0 Å². The van der Waals surface area contributed by atoms with E-state index in [1.807, 2.05) is 6.07 Å². The highest BCUT2D eigenvalue weighted by Crippen LogP contribution is 2.43. The summed E-state index contributed by atoms with van der Waals surface area (Å²) in [6.07, 6.45) is -3.77. The number of nitro benzene ring substituents is 1. The smallest absolute Gasteiger partial charge is 0.383 e. The molecule has 0 saturated heterocycles. The Balaban J connectivity index is 2.14. The maximum absolute atomic E-state index is 14.0. The first-order chi connectivity index (χ1) is 14.7. The van der Waals surface area contributed by atoms with E-state index in [4.69, 9.17) is 4.74 Å². The molecular formula is C21H22F3N3O4. The second-order valence-corrected chi connectivity index (χ2v) is 7.14. The third-order valence-corrected chi connectivity index (χ3v) is 5.05. The Morgan fingerprint density at radius 3 is 2.52 bits per heavy atom. The van der Waals surface area contributed by atoms with Crippen molar-refractivity contribution < 1.29 is 27.9 Å². The fourth-order valence-electron chi connectivity index (χ4n) is 3.43. The van der Waals surface area contributed by atoms with Gasteiger partial charge in [0, 0.05) is 56.0 Å². The van der Waals surface area contributed by atoms with E-state index in [2.05, 4.69) is 5.32 Å². The van der Waals surface area contributed by atoms with Crippen LogP contribution >= 0.6 is 0 Å². The second-order valence-electron chi connectivity index (χ2n) is 7.14. The summed E-state index contributed by atoms with van der Waals surface area (Å²) in [7, 11) is 1.42. The second kappa shape index (κ2) is 9.04. The number of fused-ring (bicyclic) bond motifs is 1. The summed E-state index contributed by atoms with van der Waals surface area (Å²) in [5.41, 5.74) is -2.79. The number of nitrogens with zero attached hydrogens (tertiary/aromatic N) is 2. The molecule has 1 aromatic heterocycles. The highest BCUT2D eigenvalue weighted by Gasteiger charge is 2.56. The van der Waals surface area contributed by atoms with Crippen LogP contribution in [-0.2, 0) is 16.9 Å². The predicted molar refractivity (Wildman–Crippen MR) is 109 cm³/mol. The van der Waals surface area contributed by atoms with E-state index in [9.17, 15) is 28.4 Å². The van der Waals surface area contributed by atoms with Gasteiger partial charge in [0.05, 0.1) is 17.0 Å². The van der Waals surface area contributed by atoms with E-state index < -0.39 is 23.2 Å². The first-order valence-electron chi connectivity index (χ1n) is 9.48. The van der Waals surface area contributed by atoms with Gasteiger partial charge in [-0.2, -0.15) is 13.2 Å². The highest BCUT2D eigenvalue weighted by molar-refractivity contribution is 5.87. The number of aromatic nitrogens is 1. The monoisotopic (exact) mass is 437 g/mol. The highest BCUT2D eigenvalue weighted by atomic mass is 19.4. The van der Waals surface area contributed by atoms with Gasteiger partial charge in [-0.25, -0.2) is 0 Å². The molecule has 31 heavy (non-hydrogen) atoms. The Morgan fingerprint density at radius 2 is 1.90 bits per heavy atom. The standard InChI is InChI=1S/C21H22F3N3O4/c1-31-10-9-25-14-20(28,21(22,23)24)18-13-26(12-15-5-3-2-4-6-15)19-11-16(27(29)30)7-8-17(18)19/h2-8,11,13,25,28H,9-10,12,14H2,1H3. The van der Waals surface area contributed by atoms with Crippen molar-refractivity contribution in [1.82, 2.24) is 9.88 Å². The molecule has 1 atom stereocenters. The molecule has 10 heteroatoms. The molecule has 2 N–H and O–H groups in total. The molecule has 0 spiro atoms. The van der Waals surface area contributed by atoms with Crippen molar-refractivity contribution in [2.24, 2.45) is 0 Å². The van der Waals surface area contributed by atoms with Gasteiger partial charge in [0.1, 0.15) is 0 Å². The lowest BCUT2D eigenvalue weighted by atomic mass is 9.92. The van der Waals surface area contributed by atoms with Crippen LogP contribution in [0.4, 0.5) is 18.9 Å². The molecule has 0 amide bonds. The maximum atomic E-state index is 14.0. The molecule has 2 aromatic carbocycles. The summed E-state index contributed by atoms with van der Waals surface area (Å²) in [4.78, 5) is 10.6. The molecule has 0 aliphatic carbocycles. The Morgan fingerprint density at radius 1 is 1.19 bits per heavy atom. The number of nitrogens with one attached hydrogen (secondary N) is 1. The summed E-state index contributed by atoms with van der Waals surface area (Å²) in [6.45, 7) is -0.316. The van der Waals surface area contributed by atoms with E-state index in [1.54, 1.807) is 24.3 Å². The number of ether oxygens (including phenoxy) is 1. The number of nitro groups is 1. The van der Waals surface area contributed by atoms with Gasteiger partial charge in [-0.15, -0.1) is 0 Å². The molecule has 3 aromatic rings. The third-order valence-electron chi connectivity index (χ3n) is 5.05. The summed E-state index contributed by atoms with van der Waals surface area (Å²) < 4.78 is 48.4. The zero-order chi connectivity index (χ0) is 22.6. The van der Waals surface area contributed by atoms with Crippen LogP contribution in [0.15, 0.2) is 54.7 Å². The van der Waals surface area contributed by atoms with Crippen molar-refractivity contribution in [3.05, 3.63) is 76.0 Å². The van der Waals surface area contributed by atoms with Crippen molar-refractivity contribution in [2.45, 2.75) is 18.3 Å². The Bertz CT molecular complexity index is 1050. The van der Waals surface area contributed by atoms with Gasteiger partial charge >= 0.3 is 6.18 Å². The number of rotatable bonds is 9. The third kappa shape index (κ3) is 4.71. The summed E-state index contributed by atoms with van der Waals surface area (Å²) in [5.74, 6) is 0. The van der Waals surface area contributed by atoms with Crippen LogP contribution in [0.25, 0.3) is 10.9 Å². The number of alkyl halides is 3. The van der Waals surface area contributed by atoms with Crippen LogP contribution in [0.2, 0.25) is 0 Å². The average molecular weight is 437 g/mol. The molecule has 1 unspecified atom stereocenters. The zero-order valence-electron chi connectivity index (χ0n) is 16.7. The molecule has 0 bridgehead atoms. The number of aliphatic hydroxyl groups is 1. The molecule has 0 saturated carbocycles. The van der Waals surface area contributed by atoms with Crippen molar-refractivity contribution >= 4 is 16.6 Å². The normalized spacial score (nSPS) is 14.0. The van der Waals surface area contributed by atoms with Crippen LogP contribution in [0, 0.1) is 10.1 Å². The van der Waals surface area contributed by atoms with E-state index in [-0.39, 0.29) is 41.9 Å². The minimum Gasteiger partial charge on any atom is -0.383 e. The number of benzene rings is 2.